The molecule has 3 aromatic rings. The molecule has 0 aliphatic rings. The van der Waals surface area contributed by atoms with Gasteiger partial charge in [-0.2, -0.15) is 5.10 Å². The molecular weight excluding hydrogens is 490 g/mol. The monoisotopic (exact) mass is 509 g/mol. The van der Waals surface area contributed by atoms with Crippen LogP contribution in [0.25, 0.3) is 0 Å². The summed E-state index contributed by atoms with van der Waals surface area (Å²) in [4.78, 5) is 8.09. The number of aromatic nitrogens is 2. The summed E-state index contributed by atoms with van der Waals surface area (Å²) in [6.45, 7) is 1.63. The first-order chi connectivity index (χ1) is 16.2. The summed E-state index contributed by atoms with van der Waals surface area (Å²) in [5, 5.41) is 6.84. The molecule has 0 saturated carbocycles. The first-order valence-electron chi connectivity index (χ1n) is 9.73. The third kappa shape index (κ3) is 7.12. The Balaban J connectivity index is 1.65. The van der Waals surface area contributed by atoms with Crippen molar-refractivity contribution in [3.63, 3.8) is 0 Å². The second-order valence-corrected chi connectivity index (χ2v) is 8.18. The molecule has 3 rings (SSSR count). The molecular formula is C22H19F4N5OS2. The third-order valence-electron chi connectivity index (χ3n) is 4.30. The summed E-state index contributed by atoms with van der Waals surface area (Å²) in [6, 6.07) is 9.61. The molecule has 0 radical (unpaired) electrons. The smallest absolute Gasteiger partial charge is 0.280 e. The van der Waals surface area contributed by atoms with Gasteiger partial charge in [0.2, 0.25) is 0 Å². The van der Waals surface area contributed by atoms with Gasteiger partial charge in [0.15, 0.2) is 10.3 Å². The Kier molecular flexibility index (Phi) is 8.77. The third-order valence-corrected chi connectivity index (χ3v) is 5.39. The van der Waals surface area contributed by atoms with Crippen LogP contribution < -0.4 is 15.5 Å². The molecule has 0 aliphatic carbocycles. The van der Waals surface area contributed by atoms with Crippen molar-refractivity contribution in [3.05, 3.63) is 76.6 Å². The van der Waals surface area contributed by atoms with Crippen LogP contribution >= 0.6 is 24.0 Å². The maximum Gasteiger partial charge on any atom is 0.280 e. The lowest BCUT2D eigenvalue weighted by atomic mass is 10.1. The highest BCUT2D eigenvalue weighted by molar-refractivity contribution is 7.98. The molecule has 2 N–H and O–H groups in total. The number of ether oxygens (including phenoxy) is 1. The number of hydrogen-bond donors (Lipinski definition) is 2. The topological polar surface area (TPSA) is 71.4 Å². The minimum absolute atomic E-state index is 0.00576. The number of thioether (sulfide) groups is 1. The summed E-state index contributed by atoms with van der Waals surface area (Å²) < 4.78 is 58.1. The number of methoxy groups -OCH3 is 1. The van der Waals surface area contributed by atoms with Gasteiger partial charge in [-0.3, -0.25) is 5.43 Å². The summed E-state index contributed by atoms with van der Waals surface area (Å²) in [5.41, 5.74) is 4.16. The second-order valence-electron chi connectivity index (χ2n) is 6.83. The molecule has 0 spiro atoms. The predicted molar refractivity (Wildman–Crippen MR) is 128 cm³/mol. The van der Waals surface area contributed by atoms with Crippen LogP contribution in [0.4, 0.5) is 23.2 Å². The number of rotatable bonds is 8. The fourth-order valence-electron chi connectivity index (χ4n) is 2.78. The van der Waals surface area contributed by atoms with Crippen molar-refractivity contribution >= 4 is 41.0 Å². The number of thiocarbonyl (C=S) groups is 1. The molecule has 6 nitrogen and oxygen atoms in total. The number of alkyl halides is 2. The molecule has 0 unspecified atom stereocenters. The van der Waals surface area contributed by atoms with Gasteiger partial charge in [-0.15, -0.1) is 0 Å². The molecule has 0 bridgehead atoms. The van der Waals surface area contributed by atoms with Crippen molar-refractivity contribution in [3.8, 4) is 5.75 Å². The van der Waals surface area contributed by atoms with Gasteiger partial charge in [0.25, 0.3) is 6.43 Å². The highest BCUT2D eigenvalue weighted by atomic mass is 32.2. The largest absolute Gasteiger partial charge is 0.496 e. The maximum absolute atomic E-state index is 13.7. The SMILES string of the molecule is COc1ccc(/C=N/NC(=S)Nc2ccc(F)cc2F)cc1CSc1nc(C)cc(C(F)F)n1. The van der Waals surface area contributed by atoms with Crippen LogP contribution in [0, 0.1) is 18.6 Å². The van der Waals surface area contributed by atoms with Crippen molar-refractivity contribution < 1.29 is 22.3 Å². The Hall–Kier alpha value is -3.25. The number of benzene rings is 2. The van der Waals surface area contributed by atoms with E-state index in [4.69, 9.17) is 17.0 Å². The number of anilines is 1. The summed E-state index contributed by atoms with van der Waals surface area (Å²) in [7, 11) is 1.52. The summed E-state index contributed by atoms with van der Waals surface area (Å²) >= 11 is 6.26. The fraction of sp³-hybridized carbons (Fsp3) is 0.182. The van der Waals surface area contributed by atoms with E-state index in [2.05, 4.69) is 25.8 Å². The highest BCUT2D eigenvalue weighted by Gasteiger charge is 2.13. The quantitative estimate of drug-likeness (QED) is 0.102. The van der Waals surface area contributed by atoms with Crippen LogP contribution in [0.1, 0.15) is 28.9 Å². The number of halogens is 4. The van der Waals surface area contributed by atoms with Crippen molar-refractivity contribution in [1.82, 2.24) is 15.4 Å². The van der Waals surface area contributed by atoms with E-state index < -0.39 is 18.1 Å². The van der Waals surface area contributed by atoms with E-state index in [-0.39, 0.29) is 21.7 Å². The standard InChI is InChI=1S/C22H19F4N5OS2/c1-12-7-18(20(25)26)30-22(28-12)34-11-14-8-13(3-6-19(14)32-2)10-27-31-21(33)29-17-5-4-15(23)9-16(17)24/h3-10,20H,11H2,1-2H3,(H2,29,31,33)/b27-10+. The van der Waals surface area contributed by atoms with E-state index in [9.17, 15) is 17.6 Å². The summed E-state index contributed by atoms with van der Waals surface area (Å²) in [5.74, 6) is -0.516. The Morgan fingerprint density at radius 1 is 1.18 bits per heavy atom. The van der Waals surface area contributed by atoms with Gasteiger partial charge in [0, 0.05) is 23.1 Å². The number of hydrazone groups is 1. The van der Waals surface area contributed by atoms with Crippen LogP contribution in [0.15, 0.2) is 52.7 Å². The summed E-state index contributed by atoms with van der Waals surface area (Å²) in [6.07, 6.45) is -1.19. The van der Waals surface area contributed by atoms with Gasteiger partial charge in [-0.25, -0.2) is 27.5 Å². The molecule has 0 atom stereocenters. The predicted octanol–water partition coefficient (Wildman–Crippen LogP) is 5.62. The zero-order valence-electron chi connectivity index (χ0n) is 18.0. The van der Waals surface area contributed by atoms with Crippen molar-refractivity contribution in [2.45, 2.75) is 24.3 Å². The van der Waals surface area contributed by atoms with E-state index in [0.29, 0.717) is 22.8 Å². The normalized spacial score (nSPS) is 11.1. The molecule has 1 aromatic heterocycles. The lowest BCUT2D eigenvalue weighted by molar-refractivity contribution is 0.145. The maximum atomic E-state index is 13.7. The molecule has 178 valence electrons. The molecule has 0 amide bonds. The van der Waals surface area contributed by atoms with E-state index in [1.165, 1.54) is 37.2 Å². The van der Waals surface area contributed by atoms with Gasteiger partial charge in [0.05, 0.1) is 19.0 Å². The number of nitrogens with zero attached hydrogens (tertiary/aromatic N) is 3. The number of nitrogens with one attached hydrogen (secondary N) is 2. The van der Waals surface area contributed by atoms with Gasteiger partial charge >= 0.3 is 0 Å². The minimum Gasteiger partial charge on any atom is -0.496 e. The second kappa shape index (κ2) is 11.7. The Labute approximate surface area is 202 Å². The van der Waals surface area contributed by atoms with Crippen molar-refractivity contribution in [1.29, 1.82) is 0 Å². The first-order valence-corrected chi connectivity index (χ1v) is 11.1. The lowest BCUT2D eigenvalue weighted by Crippen LogP contribution is -2.24. The van der Waals surface area contributed by atoms with Gasteiger partial charge in [-0.05, 0) is 61.1 Å². The molecule has 34 heavy (non-hydrogen) atoms. The van der Waals surface area contributed by atoms with Crippen LogP contribution in [-0.4, -0.2) is 28.4 Å². The van der Waals surface area contributed by atoms with Crippen molar-refractivity contribution in [2.75, 3.05) is 12.4 Å². The average molecular weight is 510 g/mol. The molecule has 0 fully saturated rings. The molecule has 0 aliphatic heterocycles. The van der Waals surface area contributed by atoms with Crippen LogP contribution in [-0.2, 0) is 5.75 Å². The minimum atomic E-state index is -2.68. The fourth-order valence-corrected chi connectivity index (χ4v) is 3.83. The van der Waals surface area contributed by atoms with Gasteiger partial charge < -0.3 is 10.1 Å². The van der Waals surface area contributed by atoms with E-state index in [0.717, 1.165) is 17.7 Å². The average Bonchev–Trinajstić information content (AvgIpc) is 2.79. The van der Waals surface area contributed by atoms with E-state index in [1.807, 2.05) is 0 Å². The zero-order chi connectivity index (χ0) is 24.7. The zero-order valence-corrected chi connectivity index (χ0v) is 19.6. The molecule has 1 heterocycles. The highest BCUT2D eigenvalue weighted by Crippen LogP contribution is 2.28. The van der Waals surface area contributed by atoms with Crippen LogP contribution in [0.2, 0.25) is 0 Å². The number of hydrogen-bond acceptors (Lipinski definition) is 6. The van der Waals surface area contributed by atoms with E-state index >= 15 is 0 Å². The van der Waals surface area contributed by atoms with Crippen LogP contribution in [0.5, 0.6) is 5.75 Å². The van der Waals surface area contributed by atoms with Gasteiger partial charge in [0.1, 0.15) is 23.1 Å². The Morgan fingerprint density at radius 2 is 1.97 bits per heavy atom. The Bertz CT molecular complexity index is 1210. The molecule has 0 saturated heterocycles. The molecule has 12 heteroatoms. The van der Waals surface area contributed by atoms with Crippen LogP contribution in [0.3, 0.4) is 0 Å². The first kappa shape index (κ1) is 25.4. The Morgan fingerprint density at radius 3 is 2.68 bits per heavy atom. The van der Waals surface area contributed by atoms with E-state index in [1.54, 1.807) is 25.1 Å². The number of aryl methyl sites for hydroxylation is 1. The molecule has 2 aromatic carbocycles. The van der Waals surface area contributed by atoms with Gasteiger partial charge in [-0.1, -0.05) is 11.8 Å². The van der Waals surface area contributed by atoms with Crippen molar-refractivity contribution in [2.24, 2.45) is 5.10 Å². The lowest BCUT2D eigenvalue weighted by Gasteiger charge is -2.10.